The second-order valence-corrected chi connectivity index (χ2v) is 8.04. The van der Waals surface area contributed by atoms with Gasteiger partial charge in [-0.3, -0.25) is 0 Å². The molecule has 0 bridgehead atoms. The lowest BCUT2D eigenvalue weighted by molar-refractivity contribution is -0.0318. The van der Waals surface area contributed by atoms with Crippen molar-refractivity contribution in [2.75, 3.05) is 26.4 Å². The lowest BCUT2D eigenvalue weighted by Gasteiger charge is -2.36. The first-order chi connectivity index (χ1) is 11.4. The van der Waals surface area contributed by atoms with Gasteiger partial charge in [-0.25, -0.2) is 0 Å². The van der Waals surface area contributed by atoms with Crippen molar-refractivity contribution in [1.29, 1.82) is 0 Å². The number of ether oxygens (including phenoxy) is 4. The fourth-order valence-corrected chi connectivity index (χ4v) is 4.43. The molecule has 2 aliphatic heterocycles. The average molecular weight is 324 g/mol. The Hall–Kier alpha value is -0.160. The van der Waals surface area contributed by atoms with Crippen LogP contribution in [0.25, 0.3) is 0 Å². The van der Waals surface area contributed by atoms with E-state index in [1.54, 1.807) is 0 Å². The molecular formula is C19H32O4. The molecule has 2 saturated heterocycles. The van der Waals surface area contributed by atoms with Gasteiger partial charge in [0.05, 0.1) is 38.6 Å². The summed E-state index contributed by atoms with van der Waals surface area (Å²) >= 11 is 0. The highest BCUT2D eigenvalue weighted by Crippen LogP contribution is 2.37. The first-order valence-corrected chi connectivity index (χ1v) is 9.83. The minimum Gasteiger partial charge on any atom is -0.375 e. The van der Waals surface area contributed by atoms with Crippen molar-refractivity contribution in [3.05, 3.63) is 0 Å². The number of epoxide rings is 2. The molecule has 4 heteroatoms. The molecule has 0 aromatic heterocycles. The zero-order chi connectivity index (χ0) is 15.5. The van der Waals surface area contributed by atoms with E-state index in [0.29, 0.717) is 24.4 Å². The standard InChI is InChI=1S/C19H32O4/c1-2-4-19(23-13-18-12-22-18)15(3-1)9-14-5-7-16(8-6-14)20-10-17-11-21-17/h14-19H,1-13H2. The average Bonchev–Trinajstić information content (AvgIpc) is 3.48. The molecule has 23 heavy (non-hydrogen) atoms. The number of rotatable bonds is 8. The molecule has 4 atom stereocenters. The molecule has 2 aliphatic carbocycles. The summed E-state index contributed by atoms with van der Waals surface area (Å²) in [6, 6.07) is 0. The van der Waals surface area contributed by atoms with Crippen molar-refractivity contribution in [2.24, 2.45) is 11.8 Å². The minimum atomic E-state index is 0.403. The predicted octanol–water partition coefficient (Wildman–Crippen LogP) is 3.32. The lowest BCUT2D eigenvalue weighted by atomic mass is 9.76. The van der Waals surface area contributed by atoms with Crippen LogP contribution in [0.2, 0.25) is 0 Å². The summed E-state index contributed by atoms with van der Waals surface area (Å²) in [5.41, 5.74) is 0. The predicted molar refractivity (Wildman–Crippen MR) is 87.5 cm³/mol. The molecule has 4 rings (SSSR count). The zero-order valence-corrected chi connectivity index (χ0v) is 14.3. The quantitative estimate of drug-likeness (QED) is 0.642. The van der Waals surface area contributed by atoms with Crippen molar-refractivity contribution in [3.63, 3.8) is 0 Å². The van der Waals surface area contributed by atoms with Crippen molar-refractivity contribution in [3.8, 4) is 0 Å². The van der Waals surface area contributed by atoms with E-state index in [2.05, 4.69) is 0 Å². The summed E-state index contributed by atoms with van der Waals surface area (Å²) in [6.07, 6.45) is 13.7. The van der Waals surface area contributed by atoms with E-state index >= 15 is 0 Å². The molecule has 2 heterocycles. The Morgan fingerprint density at radius 2 is 1.39 bits per heavy atom. The van der Waals surface area contributed by atoms with Crippen LogP contribution in [0.1, 0.15) is 57.8 Å². The zero-order valence-electron chi connectivity index (χ0n) is 14.3. The second-order valence-electron chi connectivity index (χ2n) is 8.04. The Balaban J connectivity index is 1.17. The third-order valence-corrected chi connectivity index (χ3v) is 6.09. The summed E-state index contributed by atoms with van der Waals surface area (Å²) in [4.78, 5) is 0. The number of hydrogen-bond acceptors (Lipinski definition) is 4. The van der Waals surface area contributed by atoms with Crippen LogP contribution in [0.3, 0.4) is 0 Å². The molecular weight excluding hydrogens is 292 g/mol. The molecule has 4 nitrogen and oxygen atoms in total. The topological polar surface area (TPSA) is 43.5 Å². The first-order valence-electron chi connectivity index (χ1n) is 9.83. The van der Waals surface area contributed by atoms with Crippen molar-refractivity contribution < 1.29 is 18.9 Å². The summed E-state index contributed by atoms with van der Waals surface area (Å²) in [6.45, 7) is 3.46. The maximum atomic E-state index is 6.19. The fourth-order valence-electron chi connectivity index (χ4n) is 4.43. The van der Waals surface area contributed by atoms with Gasteiger partial charge in [0, 0.05) is 0 Å². The van der Waals surface area contributed by atoms with E-state index in [1.165, 1.54) is 57.8 Å². The Kier molecular flexibility index (Phi) is 5.54. The smallest absolute Gasteiger partial charge is 0.104 e. The molecule has 4 aliphatic rings. The summed E-state index contributed by atoms with van der Waals surface area (Å²) in [5.74, 6) is 1.67. The largest absolute Gasteiger partial charge is 0.375 e. The highest BCUT2D eigenvalue weighted by atomic mass is 16.6. The van der Waals surface area contributed by atoms with E-state index in [4.69, 9.17) is 18.9 Å². The molecule has 0 aromatic carbocycles. The lowest BCUT2D eigenvalue weighted by Crippen LogP contribution is -2.32. The Morgan fingerprint density at radius 3 is 2.09 bits per heavy atom. The van der Waals surface area contributed by atoms with Gasteiger partial charge in [-0.05, 0) is 56.8 Å². The monoisotopic (exact) mass is 324 g/mol. The van der Waals surface area contributed by atoms with Crippen LogP contribution in [0.4, 0.5) is 0 Å². The van der Waals surface area contributed by atoms with Crippen LogP contribution >= 0.6 is 0 Å². The summed E-state index contributed by atoms with van der Waals surface area (Å²) in [7, 11) is 0. The van der Waals surface area contributed by atoms with Crippen LogP contribution in [0, 0.1) is 11.8 Å². The van der Waals surface area contributed by atoms with Gasteiger partial charge in [-0.1, -0.05) is 12.8 Å². The van der Waals surface area contributed by atoms with Gasteiger partial charge in [0.1, 0.15) is 12.2 Å². The normalized spacial score (nSPS) is 43.3. The molecule has 4 fully saturated rings. The van der Waals surface area contributed by atoms with Gasteiger partial charge in [0.2, 0.25) is 0 Å². The van der Waals surface area contributed by atoms with E-state index in [-0.39, 0.29) is 0 Å². The summed E-state index contributed by atoms with van der Waals surface area (Å²) < 4.78 is 22.7. The van der Waals surface area contributed by atoms with Gasteiger partial charge in [-0.15, -0.1) is 0 Å². The van der Waals surface area contributed by atoms with E-state index in [9.17, 15) is 0 Å². The number of hydrogen-bond donors (Lipinski definition) is 0. The second kappa shape index (κ2) is 7.81. The Morgan fingerprint density at radius 1 is 0.739 bits per heavy atom. The van der Waals surface area contributed by atoms with Crippen LogP contribution < -0.4 is 0 Å². The van der Waals surface area contributed by atoms with Crippen LogP contribution in [-0.2, 0) is 18.9 Å². The molecule has 0 spiro atoms. The minimum absolute atomic E-state index is 0.403. The highest BCUT2D eigenvalue weighted by molar-refractivity contribution is 4.83. The van der Waals surface area contributed by atoms with Gasteiger partial charge >= 0.3 is 0 Å². The van der Waals surface area contributed by atoms with Crippen molar-refractivity contribution in [1.82, 2.24) is 0 Å². The molecule has 0 amide bonds. The molecule has 132 valence electrons. The first kappa shape index (κ1) is 16.3. The Labute approximate surface area is 140 Å². The molecule has 4 unspecified atom stereocenters. The van der Waals surface area contributed by atoms with E-state index in [1.807, 2.05) is 0 Å². The third-order valence-electron chi connectivity index (χ3n) is 6.09. The van der Waals surface area contributed by atoms with Gasteiger partial charge in [0.25, 0.3) is 0 Å². The van der Waals surface area contributed by atoms with Crippen molar-refractivity contribution in [2.45, 2.75) is 82.2 Å². The SMILES string of the molecule is C1CCC(OCC2CO2)C(CC2CCC(OCC3CO3)CC2)C1. The Bertz CT molecular complexity index is 358. The van der Waals surface area contributed by atoms with Crippen LogP contribution in [0.15, 0.2) is 0 Å². The third kappa shape index (κ3) is 5.15. The highest BCUT2D eigenvalue weighted by Gasteiger charge is 2.33. The van der Waals surface area contributed by atoms with Gasteiger partial charge in [-0.2, -0.15) is 0 Å². The van der Waals surface area contributed by atoms with Crippen LogP contribution in [0.5, 0.6) is 0 Å². The van der Waals surface area contributed by atoms with E-state index in [0.717, 1.165) is 38.3 Å². The maximum absolute atomic E-state index is 6.19. The molecule has 0 aromatic rings. The van der Waals surface area contributed by atoms with Gasteiger partial charge in [0.15, 0.2) is 0 Å². The van der Waals surface area contributed by atoms with Crippen LogP contribution in [-0.4, -0.2) is 50.8 Å². The molecule has 0 radical (unpaired) electrons. The molecule has 0 N–H and O–H groups in total. The maximum Gasteiger partial charge on any atom is 0.104 e. The van der Waals surface area contributed by atoms with Crippen molar-refractivity contribution >= 4 is 0 Å². The molecule has 2 saturated carbocycles. The van der Waals surface area contributed by atoms with Gasteiger partial charge < -0.3 is 18.9 Å². The fraction of sp³-hybridized carbons (Fsp3) is 1.00. The summed E-state index contributed by atoms with van der Waals surface area (Å²) in [5, 5.41) is 0. The van der Waals surface area contributed by atoms with E-state index < -0.39 is 0 Å².